The molecule has 0 aliphatic heterocycles. The highest BCUT2D eigenvalue weighted by Crippen LogP contribution is 2.38. The normalized spacial score (nSPS) is 45.0. The van der Waals surface area contributed by atoms with Gasteiger partial charge in [0.15, 0.2) is 5.13 Å². The van der Waals surface area contributed by atoms with Crippen molar-refractivity contribution in [3.05, 3.63) is 0 Å². The number of alkyl halides is 3. The van der Waals surface area contributed by atoms with Crippen LogP contribution in [0, 0.1) is 0 Å². The van der Waals surface area contributed by atoms with Crippen molar-refractivity contribution >= 4 is 23.2 Å². The zero-order valence-electron chi connectivity index (χ0n) is 5.04. The SMILES string of the molecule is FC1(Cl)CCCCC1Cl. The summed E-state index contributed by atoms with van der Waals surface area (Å²) in [5.41, 5.74) is 0. The van der Waals surface area contributed by atoms with Crippen molar-refractivity contribution in [1.82, 2.24) is 0 Å². The summed E-state index contributed by atoms with van der Waals surface area (Å²) in [7, 11) is 0. The first kappa shape index (κ1) is 7.62. The highest BCUT2D eigenvalue weighted by molar-refractivity contribution is 6.31. The molecule has 54 valence electrons. The molecule has 2 unspecified atom stereocenters. The summed E-state index contributed by atoms with van der Waals surface area (Å²) in [4.78, 5) is 0. The minimum atomic E-state index is -1.63. The van der Waals surface area contributed by atoms with E-state index in [1.807, 2.05) is 0 Å². The van der Waals surface area contributed by atoms with Gasteiger partial charge in [-0.05, 0) is 19.3 Å². The number of hydrogen-bond acceptors (Lipinski definition) is 0. The van der Waals surface area contributed by atoms with Gasteiger partial charge in [0.25, 0.3) is 0 Å². The van der Waals surface area contributed by atoms with Crippen LogP contribution in [0.5, 0.6) is 0 Å². The molecular formula is C6H9Cl2F. The molecule has 0 amide bonds. The molecule has 3 heteroatoms. The van der Waals surface area contributed by atoms with E-state index < -0.39 is 10.5 Å². The van der Waals surface area contributed by atoms with E-state index in [0.29, 0.717) is 12.8 Å². The molecule has 1 aliphatic rings. The zero-order chi connectivity index (χ0) is 6.91. The monoisotopic (exact) mass is 170 g/mol. The molecule has 0 aromatic heterocycles. The Hall–Kier alpha value is 0.510. The lowest BCUT2D eigenvalue weighted by Crippen LogP contribution is -2.30. The summed E-state index contributed by atoms with van der Waals surface area (Å²) in [6.07, 6.45) is 2.99. The fourth-order valence-corrected chi connectivity index (χ4v) is 1.56. The van der Waals surface area contributed by atoms with Gasteiger partial charge in [0.05, 0.1) is 5.38 Å². The molecule has 0 spiro atoms. The predicted molar refractivity (Wildman–Crippen MR) is 37.8 cm³/mol. The Bertz CT molecular complexity index is 103. The van der Waals surface area contributed by atoms with Gasteiger partial charge in [-0.3, -0.25) is 0 Å². The van der Waals surface area contributed by atoms with Crippen LogP contribution in [0.2, 0.25) is 0 Å². The molecule has 2 atom stereocenters. The Morgan fingerprint density at radius 1 is 1.44 bits per heavy atom. The van der Waals surface area contributed by atoms with Crippen molar-refractivity contribution in [3.8, 4) is 0 Å². The van der Waals surface area contributed by atoms with E-state index in [2.05, 4.69) is 0 Å². The Balaban J connectivity index is 2.49. The maximum atomic E-state index is 12.9. The van der Waals surface area contributed by atoms with E-state index in [1.54, 1.807) is 0 Å². The summed E-state index contributed by atoms with van der Waals surface area (Å²) in [5.74, 6) is 0. The Labute approximate surface area is 64.3 Å². The maximum Gasteiger partial charge on any atom is 0.199 e. The molecule has 0 bridgehead atoms. The molecule has 0 nitrogen and oxygen atoms in total. The Morgan fingerprint density at radius 2 is 2.11 bits per heavy atom. The summed E-state index contributed by atoms with van der Waals surface area (Å²) < 4.78 is 12.9. The van der Waals surface area contributed by atoms with Crippen LogP contribution in [-0.2, 0) is 0 Å². The number of hydrogen-bond donors (Lipinski definition) is 0. The minimum absolute atomic E-state index is 0.405. The lowest BCUT2D eigenvalue weighted by atomic mass is 9.98. The lowest BCUT2D eigenvalue weighted by Gasteiger charge is -2.27. The van der Waals surface area contributed by atoms with Crippen LogP contribution in [0.4, 0.5) is 4.39 Å². The van der Waals surface area contributed by atoms with E-state index in [1.165, 1.54) is 0 Å². The lowest BCUT2D eigenvalue weighted by molar-refractivity contribution is 0.209. The van der Waals surface area contributed by atoms with Crippen molar-refractivity contribution < 1.29 is 4.39 Å². The third-order valence-corrected chi connectivity index (χ3v) is 2.80. The fourth-order valence-electron chi connectivity index (χ4n) is 1.05. The first-order valence-electron chi connectivity index (χ1n) is 3.15. The zero-order valence-corrected chi connectivity index (χ0v) is 6.55. The summed E-state index contributed by atoms with van der Waals surface area (Å²) in [5, 5.41) is -2.10. The van der Waals surface area contributed by atoms with Gasteiger partial charge in [0, 0.05) is 0 Å². The second-order valence-electron chi connectivity index (χ2n) is 2.47. The first-order valence-corrected chi connectivity index (χ1v) is 3.96. The van der Waals surface area contributed by atoms with Gasteiger partial charge in [-0.25, -0.2) is 4.39 Å². The largest absolute Gasteiger partial charge is 0.225 e. The second-order valence-corrected chi connectivity index (χ2v) is 3.63. The van der Waals surface area contributed by atoms with E-state index in [0.717, 1.165) is 12.8 Å². The van der Waals surface area contributed by atoms with E-state index in [9.17, 15) is 4.39 Å². The minimum Gasteiger partial charge on any atom is -0.225 e. The summed E-state index contributed by atoms with van der Waals surface area (Å²) in [6.45, 7) is 0. The van der Waals surface area contributed by atoms with E-state index in [4.69, 9.17) is 23.2 Å². The van der Waals surface area contributed by atoms with Gasteiger partial charge in [-0.1, -0.05) is 18.0 Å². The molecule has 1 aliphatic carbocycles. The fraction of sp³-hybridized carbons (Fsp3) is 1.00. The second kappa shape index (κ2) is 2.63. The summed E-state index contributed by atoms with van der Waals surface area (Å²) in [6, 6.07) is 0. The van der Waals surface area contributed by atoms with Crippen LogP contribution >= 0.6 is 23.2 Å². The van der Waals surface area contributed by atoms with Crippen LogP contribution in [-0.4, -0.2) is 10.5 Å². The predicted octanol–water partition coefficient (Wildman–Crippen LogP) is 3.07. The van der Waals surface area contributed by atoms with Gasteiger partial charge in [-0.2, -0.15) is 0 Å². The number of halogens is 3. The van der Waals surface area contributed by atoms with Crippen molar-refractivity contribution in [1.29, 1.82) is 0 Å². The van der Waals surface area contributed by atoms with Gasteiger partial charge in [-0.15, -0.1) is 11.6 Å². The molecule has 0 aromatic rings. The molecule has 9 heavy (non-hydrogen) atoms. The van der Waals surface area contributed by atoms with Gasteiger partial charge < -0.3 is 0 Å². The van der Waals surface area contributed by atoms with Gasteiger partial charge >= 0.3 is 0 Å². The third kappa shape index (κ3) is 1.71. The number of rotatable bonds is 0. The molecule has 1 fully saturated rings. The Kier molecular flexibility index (Phi) is 2.23. The van der Waals surface area contributed by atoms with Crippen LogP contribution in [0.25, 0.3) is 0 Å². The standard InChI is InChI=1S/C6H9Cl2F/c7-5-3-1-2-4-6(5,8)9/h5H,1-4H2. The van der Waals surface area contributed by atoms with Gasteiger partial charge in [0.1, 0.15) is 0 Å². The van der Waals surface area contributed by atoms with E-state index in [-0.39, 0.29) is 0 Å². The molecule has 0 aromatic carbocycles. The topological polar surface area (TPSA) is 0 Å². The molecular weight excluding hydrogens is 162 g/mol. The van der Waals surface area contributed by atoms with Crippen LogP contribution in [0.1, 0.15) is 25.7 Å². The molecule has 1 rings (SSSR count). The van der Waals surface area contributed by atoms with Crippen LogP contribution < -0.4 is 0 Å². The highest BCUT2D eigenvalue weighted by atomic mass is 35.5. The molecule has 0 radical (unpaired) electrons. The van der Waals surface area contributed by atoms with Gasteiger partial charge in [0.2, 0.25) is 0 Å². The molecule has 0 saturated heterocycles. The first-order chi connectivity index (χ1) is 4.13. The smallest absolute Gasteiger partial charge is 0.199 e. The molecule has 0 heterocycles. The van der Waals surface area contributed by atoms with Crippen LogP contribution in [0.15, 0.2) is 0 Å². The average Bonchev–Trinajstić information content (AvgIpc) is 1.77. The van der Waals surface area contributed by atoms with Crippen molar-refractivity contribution in [3.63, 3.8) is 0 Å². The quantitative estimate of drug-likeness (QED) is 0.491. The van der Waals surface area contributed by atoms with Crippen molar-refractivity contribution in [2.24, 2.45) is 0 Å². The Morgan fingerprint density at radius 3 is 2.44 bits per heavy atom. The maximum absolute atomic E-state index is 12.9. The van der Waals surface area contributed by atoms with Crippen molar-refractivity contribution in [2.45, 2.75) is 36.2 Å². The van der Waals surface area contributed by atoms with E-state index >= 15 is 0 Å². The van der Waals surface area contributed by atoms with Crippen LogP contribution in [0.3, 0.4) is 0 Å². The average molecular weight is 171 g/mol. The molecule has 0 N–H and O–H groups in total. The molecule has 1 saturated carbocycles. The highest BCUT2D eigenvalue weighted by Gasteiger charge is 2.37. The van der Waals surface area contributed by atoms with Crippen molar-refractivity contribution in [2.75, 3.05) is 0 Å². The third-order valence-electron chi connectivity index (χ3n) is 1.68. The summed E-state index contributed by atoms with van der Waals surface area (Å²) >= 11 is 11.0.